The van der Waals surface area contributed by atoms with E-state index in [0.717, 1.165) is 24.2 Å². The lowest BCUT2D eigenvalue weighted by Gasteiger charge is -2.24. The molecule has 6 rings (SSSR count). The van der Waals surface area contributed by atoms with Gasteiger partial charge in [-0.2, -0.15) is 0 Å². The lowest BCUT2D eigenvalue weighted by atomic mass is 10.1. The lowest BCUT2D eigenvalue weighted by molar-refractivity contribution is -0.193. The average molecular weight is 486 g/mol. The van der Waals surface area contributed by atoms with Crippen LogP contribution in [0.1, 0.15) is 45.8 Å². The zero-order valence-corrected chi connectivity index (χ0v) is 20.0. The van der Waals surface area contributed by atoms with Gasteiger partial charge >= 0.3 is 0 Å². The molecule has 0 spiro atoms. The van der Waals surface area contributed by atoms with Crippen molar-refractivity contribution in [1.82, 2.24) is 19.5 Å². The van der Waals surface area contributed by atoms with Crippen molar-refractivity contribution in [3.05, 3.63) is 42.7 Å². The third kappa shape index (κ3) is 4.06. The first-order chi connectivity index (χ1) is 16.5. The second-order valence-electron chi connectivity index (χ2n) is 9.54. The Morgan fingerprint density at radius 1 is 1.12 bits per heavy atom. The maximum atomic E-state index is 14.2. The van der Waals surface area contributed by atoms with E-state index in [0.29, 0.717) is 22.3 Å². The summed E-state index contributed by atoms with van der Waals surface area (Å²) in [7, 11) is 0. The monoisotopic (exact) mass is 485 g/mol. The van der Waals surface area contributed by atoms with Gasteiger partial charge in [0, 0.05) is 16.7 Å². The van der Waals surface area contributed by atoms with Crippen molar-refractivity contribution in [3.63, 3.8) is 0 Å². The summed E-state index contributed by atoms with van der Waals surface area (Å²) >= 11 is 1.42. The molecule has 1 N–H and O–H groups in total. The molecule has 1 aliphatic carbocycles. The van der Waals surface area contributed by atoms with Crippen molar-refractivity contribution < 1.29 is 18.6 Å². The first-order valence-electron chi connectivity index (χ1n) is 11.8. The van der Waals surface area contributed by atoms with Gasteiger partial charge in [0.1, 0.15) is 24.4 Å². The number of fused-ring (bicyclic) bond motifs is 2. The van der Waals surface area contributed by atoms with Crippen LogP contribution in [0.25, 0.3) is 11.2 Å². The Kier molecular flexibility index (Phi) is 5.71. The van der Waals surface area contributed by atoms with E-state index in [1.54, 1.807) is 24.8 Å². The summed E-state index contributed by atoms with van der Waals surface area (Å²) in [5.41, 5.74) is 1.41. The largest absolute Gasteiger partial charge is 0.365 e. The van der Waals surface area contributed by atoms with Gasteiger partial charge in [0.05, 0.1) is 12.4 Å². The van der Waals surface area contributed by atoms with Crippen LogP contribution in [0.2, 0.25) is 0 Å². The van der Waals surface area contributed by atoms with Crippen molar-refractivity contribution in [2.75, 3.05) is 11.1 Å². The molecule has 1 aromatic carbocycles. The number of thioether (sulfide) groups is 1. The number of halogens is 1. The Morgan fingerprint density at radius 3 is 2.74 bits per heavy atom. The van der Waals surface area contributed by atoms with Crippen LogP contribution >= 0.6 is 11.8 Å². The Morgan fingerprint density at radius 2 is 1.91 bits per heavy atom. The Balaban J connectivity index is 1.27. The summed E-state index contributed by atoms with van der Waals surface area (Å²) in [6.07, 6.45) is 6.70. The van der Waals surface area contributed by atoms with Gasteiger partial charge in [0.2, 0.25) is 0 Å². The van der Waals surface area contributed by atoms with Gasteiger partial charge in [-0.1, -0.05) is 25.0 Å². The summed E-state index contributed by atoms with van der Waals surface area (Å²) in [5, 5.41) is 3.54. The van der Waals surface area contributed by atoms with Crippen LogP contribution in [-0.2, 0) is 14.2 Å². The van der Waals surface area contributed by atoms with Crippen LogP contribution < -0.4 is 5.32 Å². The highest BCUT2D eigenvalue weighted by atomic mass is 32.2. The van der Waals surface area contributed by atoms with E-state index >= 15 is 0 Å². The fourth-order valence-electron chi connectivity index (χ4n) is 5.16. The number of hydrogen-bond donors (Lipinski definition) is 1. The van der Waals surface area contributed by atoms with Gasteiger partial charge in [-0.25, -0.2) is 19.3 Å². The molecular weight excluding hydrogens is 457 g/mol. The summed E-state index contributed by atoms with van der Waals surface area (Å²) in [6.45, 7) is 3.81. The summed E-state index contributed by atoms with van der Waals surface area (Å²) in [4.78, 5) is 14.2. The predicted octanol–water partition coefficient (Wildman–Crippen LogP) is 4.53. The zero-order valence-electron chi connectivity index (χ0n) is 19.2. The molecule has 0 amide bonds. The van der Waals surface area contributed by atoms with Crippen molar-refractivity contribution >= 4 is 28.7 Å². The summed E-state index contributed by atoms with van der Waals surface area (Å²) in [5.74, 6) is 0.315. The molecule has 4 atom stereocenters. The van der Waals surface area contributed by atoms with Gasteiger partial charge in [0.15, 0.2) is 29.0 Å². The molecule has 2 aromatic heterocycles. The molecule has 0 radical (unpaired) electrons. The molecule has 2 aliphatic heterocycles. The summed E-state index contributed by atoms with van der Waals surface area (Å²) in [6, 6.07) is 7.19. The molecule has 1 saturated carbocycles. The molecule has 3 fully saturated rings. The van der Waals surface area contributed by atoms with Crippen molar-refractivity contribution in [2.24, 2.45) is 0 Å². The van der Waals surface area contributed by atoms with E-state index in [9.17, 15) is 4.39 Å². The van der Waals surface area contributed by atoms with Crippen LogP contribution in [0.4, 0.5) is 10.2 Å². The number of benzene rings is 1. The van der Waals surface area contributed by atoms with E-state index < -0.39 is 12.0 Å². The highest BCUT2D eigenvalue weighted by Crippen LogP contribution is 2.45. The highest BCUT2D eigenvalue weighted by Gasteiger charge is 2.56. The molecule has 4 heterocycles. The molecule has 10 heteroatoms. The SMILES string of the molecule is CC1(C)O[C@@H]2[C@H](O1)[C@H](n1cnc3c(NC4CCCC4)ncnc31)O[C@@H]2CSc1ccccc1F. The van der Waals surface area contributed by atoms with Crippen molar-refractivity contribution in [1.29, 1.82) is 0 Å². The first-order valence-corrected chi connectivity index (χ1v) is 12.8. The van der Waals surface area contributed by atoms with E-state index in [-0.39, 0.29) is 24.1 Å². The number of hydrogen-bond acceptors (Lipinski definition) is 8. The van der Waals surface area contributed by atoms with E-state index in [4.69, 9.17) is 14.2 Å². The molecular formula is C24H28FN5O3S. The zero-order chi connectivity index (χ0) is 23.3. The lowest BCUT2D eigenvalue weighted by Crippen LogP contribution is -2.31. The van der Waals surface area contributed by atoms with E-state index in [1.807, 2.05) is 24.5 Å². The topological polar surface area (TPSA) is 83.3 Å². The van der Waals surface area contributed by atoms with Gasteiger partial charge in [0.25, 0.3) is 0 Å². The number of anilines is 1. The Bertz CT molecular complexity index is 1180. The van der Waals surface area contributed by atoms with E-state index in [1.165, 1.54) is 30.7 Å². The number of rotatable bonds is 6. The Hall–Kier alpha value is -2.27. The normalized spacial score (nSPS) is 28.6. The smallest absolute Gasteiger partial charge is 0.167 e. The highest BCUT2D eigenvalue weighted by molar-refractivity contribution is 7.99. The van der Waals surface area contributed by atoms with Crippen LogP contribution in [-0.4, -0.2) is 55.4 Å². The molecule has 0 unspecified atom stereocenters. The Labute approximate surface area is 201 Å². The van der Waals surface area contributed by atoms with Crippen LogP contribution in [0.3, 0.4) is 0 Å². The third-order valence-electron chi connectivity index (χ3n) is 6.69. The molecule has 34 heavy (non-hydrogen) atoms. The molecule has 2 saturated heterocycles. The predicted molar refractivity (Wildman–Crippen MR) is 126 cm³/mol. The van der Waals surface area contributed by atoms with Gasteiger partial charge in [-0.3, -0.25) is 4.57 Å². The van der Waals surface area contributed by atoms with E-state index in [2.05, 4.69) is 20.3 Å². The second kappa shape index (κ2) is 8.75. The number of nitrogens with one attached hydrogen (secondary N) is 1. The van der Waals surface area contributed by atoms with Crippen LogP contribution in [0.15, 0.2) is 41.8 Å². The molecule has 180 valence electrons. The van der Waals surface area contributed by atoms with Gasteiger partial charge in [-0.05, 0) is 38.8 Å². The van der Waals surface area contributed by atoms with Crippen molar-refractivity contribution in [3.8, 4) is 0 Å². The number of imidazole rings is 1. The average Bonchev–Trinajstić information content (AvgIpc) is 3.58. The first kappa shape index (κ1) is 22.2. The van der Waals surface area contributed by atoms with Crippen LogP contribution in [0, 0.1) is 5.82 Å². The quantitative estimate of drug-likeness (QED) is 0.510. The van der Waals surface area contributed by atoms with Gasteiger partial charge in [-0.15, -0.1) is 11.8 Å². The molecule has 8 nitrogen and oxygen atoms in total. The third-order valence-corrected chi connectivity index (χ3v) is 7.83. The number of nitrogens with zero attached hydrogens (tertiary/aromatic N) is 4. The maximum absolute atomic E-state index is 14.2. The fourth-order valence-corrected chi connectivity index (χ4v) is 6.15. The number of aromatic nitrogens is 4. The number of ether oxygens (including phenoxy) is 3. The minimum Gasteiger partial charge on any atom is -0.365 e. The molecule has 3 aromatic rings. The fraction of sp³-hybridized carbons (Fsp3) is 0.542. The molecule has 0 bridgehead atoms. The minimum atomic E-state index is -0.737. The standard InChI is InChI=1S/C24H28FN5O3S/c1-24(2)32-19-16(11-34-17-10-6-5-9-15(17)25)31-23(20(19)33-24)30-13-28-18-21(26-12-27-22(18)30)29-14-7-3-4-8-14/h5-6,9-10,12-14,16,19-20,23H,3-4,7-8,11H2,1-2H3,(H,26,27,29)/t16-,19+,20+,23-/m1/s1. The second-order valence-corrected chi connectivity index (χ2v) is 10.6. The van der Waals surface area contributed by atoms with Gasteiger partial charge < -0.3 is 19.5 Å². The molecule has 3 aliphatic rings. The minimum absolute atomic E-state index is 0.234. The van der Waals surface area contributed by atoms with Crippen LogP contribution in [0.5, 0.6) is 0 Å². The van der Waals surface area contributed by atoms with Crippen molar-refractivity contribution in [2.45, 2.75) is 80.8 Å². The maximum Gasteiger partial charge on any atom is 0.167 e. The summed E-state index contributed by atoms with van der Waals surface area (Å²) < 4.78 is 35.0.